The third-order valence-corrected chi connectivity index (χ3v) is 0.817. The minimum absolute atomic E-state index is 0.0740. The van der Waals surface area contributed by atoms with E-state index in [4.69, 9.17) is 0 Å². The average molecular weight is 142 g/mol. The van der Waals surface area contributed by atoms with E-state index in [2.05, 4.69) is 20.8 Å². The van der Waals surface area contributed by atoms with Crippen molar-refractivity contribution >= 4 is 5.97 Å². The lowest BCUT2D eigenvalue weighted by molar-refractivity contribution is -0.139. The molecule has 0 aliphatic carbocycles. The van der Waals surface area contributed by atoms with E-state index in [0.717, 1.165) is 6.08 Å². The van der Waals surface area contributed by atoms with Gasteiger partial charge in [0.25, 0.3) is 0 Å². The third kappa shape index (κ3) is 1.51. The first-order chi connectivity index (χ1) is 4.83. The molecule has 0 saturated heterocycles. The molecule has 54 valence electrons. The topological polar surface area (TPSA) is 44.8 Å². The minimum atomic E-state index is -0.559. The van der Waals surface area contributed by atoms with Crippen LogP contribution in [-0.4, -0.2) is 12.8 Å². The van der Waals surface area contributed by atoms with Crippen LogP contribution < -0.4 is 0 Å². The average Bonchev–Trinajstić information content (AvgIpc) is 2.40. The number of ether oxygens (including phenoxy) is 3. The predicted octanol–water partition coefficient (Wildman–Crippen LogP) is 0.519. The van der Waals surface area contributed by atoms with Gasteiger partial charge in [0, 0.05) is 6.08 Å². The van der Waals surface area contributed by atoms with E-state index in [-0.39, 0.29) is 12.7 Å². The molecule has 1 rings (SSSR count). The molecular weight excluding hydrogens is 136 g/mol. The Labute approximate surface area is 57.7 Å². The van der Waals surface area contributed by atoms with Crippen LogP contribution >= 0.6 is 0 Å². The normalized spacial score (nSPS) is 14.6. The van der Waals surface area contributed by atoms with Gasteiger partial charge >= 0.3 is 11.9 Å². The Balaban J connectivity index is 2.37. The first-order valence-corrected chi connectivity index (χ1v) is 2.62. The molecule has 0 amide bonds. The van der Waals surface area contributed by atoms with Gasteiger partial charge in [-0.1, -0.05) is 6.58 Å². The summed E-state index contributed by atoms with van der Waals surface area (Å²) in [6.45, 7) is 3.30. The molecule has 4 heteroatoms. The summed E-state index contributed by atoms with van der Waals surface area (Å²) < 4.78 is 13.8. The standard InChI is InChI=1S/C6H6O4/c1-2-5(7)10-6-3-8-4-9-6/h2-3H,1,4H2. The van der Waals surface area contributed by atoms with Crippen LogP contribution in [0.4, 0.5) is 0 Å². The first-order valence-electron chi connectivity index (χ1n) is 2.62. The Bertz CT molecular complexity index is 182. The third-order valence-electron chi connectivity index (χ3n) is 0.817. The van der Waals surface area contributed by atoms with Crippen LogP contribution in [0, 0.1) is 0 Å². The van der Waals surface area contributed by atoms with E-state index in [1.807, 2.05) is 0 Å². The van der Waals surface area contributed by atoms with Gasteiger partial charge in [-0.15, -0.1) is 0 Å². The van der Waals surface area contributed by atoms with Crippen molar-refractivity contribution in [2.24, 2.45) is 0 Å². The van der Waals surface area contributed by atoms with Crippen molar-refractivity contribution in [2.45, 2.75) is 0 Å². The highest BCUT2D eigenvalue weighted by Crippen LogP contribution is 2.07. The second-order valence-corrected chi connectivity index (χ2v) is 1.49. The molecule has 0 unspecified atom stereocenters. The highest BCUT2D eigenvalue weighted by Gasteiger charge is 2.09. The Morgan fingerprint density at radius 2 is 2.70 bits per heavy atom. The maximum absolute atomic E-state index is 10.5. The second-order valence-electron chi connectivity index (χ2n) is 1.49. The Morgan fingerprint density at radius 3 is 3.20 bits per heavy atom. The van der Waals surface area contributed by atoms with Gasteiger partial charge in [-0.05, 0) is 0 Å². The van der Waals surface area contributed by atoms with Crippen LogP contribution in [-0.2, 0) is 19.0 Å². The maximum Gasteiger partial charge on any atom is 0.338 e. The number of carbonyl (C=O) groups excluding carboxylic acids is 1. The van der Waals surface area contributed by atoms with Crippen LogP contribution in [0.25, 0.3) is 0 Å². The van der Waals surface area contributed by atoms with Crippen molar-refractivity contribution in [1.82, 2.24) is 0 Å². The van der Waals surface area contributed by atoms with E-state index in [0.29, 0.717) is 0 Å². The van der Waals surface area contributed by atoms with Gasteiger partial charge < -0.3 is 14.2 Å². The van der Waals surface area contributed by atoms with Crippen molar-refractivity contribution in [1.29, 1.82) is 0 Å². The SMILES string of the molecule is C=CC(=O)OC1=COCO1. The molecule has 4 nitrogen and oxygen atoms in total. The van der Waals surface area contributed by atoms with E-state index in [1.165, 1.54) is 6.26 Å². The Morgan fingerprint density at radius 1 is 1.90 bits per heavy atom. The molecule has 0 aromatic heterocycles. The zero-order valence-corrected chi connectivity index (χ0v) is 5.20. The zero-order chi connectivity index (χ0) is 7.40. The summed E-state index contributed by atoms with van der Waals surface area (Å²) >= 11 is 0. The van der Waals surface area contributed by atoms with E-state index < -0.39 is 5.97 Å². The molecule has 0 spiro atoms. The van der Waals surface area contributed by atoms with Crippen LogP contribution in [0.5, 0.6) is 0 Å². The molecular formula is C6H6O4. The summed E-state index contributed by atoms with van der Waals surface area (Å²) in [6.07, 6.45) is 2.27. The van der Waals surface area contributed by atoms with Gasteiger partial charge in [0.1, 0.15) is 0 Å². The minimum Gasteiger partial charge on any atom is -0.458 e. The molecule has 1 aliphatic heterocycles. The summed E-state index contributed by atoms with van der Waals surface area (Å²) in [5.41, 5.74) is 0. The molecule has 0 atom stereocenters. The summed E-state index contributed by atoms with van der Waals surface area (Å²) in [6, 6.07) is 0. The fourth-order valence-electron chi connectivity index (χ4n) is 0.423. The summed E-state index contributed by atoms with van der Waals surface area (Å²) in [5, 5.41) is 0. The lowest BCUT2D eigenvalue weighted by atomic mass is 10.7. The molecule has 0 radical (unpaired) electrons. The molecule has 0 bridgehead atoms. The largest absolute Gasteiger partial charge is 0.458 e. The summed E-state index contributed by atoms with van der Waals surface area (Å²) in [4.78, 5) is 10.5. The van der Waals surface area contributed by atoms with Crippen molar-refractivity contribution in [3.63, 3.8) is 0 Å². The molecule has 0 N–H and O–H groups in total. The van der Waals surface area contributed by atoms with Gasteiger partial charge in [0.2, 0.25) is 6.79 Å². The molecule has 0 aromatic rings. The highest BCUT2D eigenvalue weighted by molar-refractivity contribution is 5.81. The molecule has 10 heavy (non-hydrogen) atoms. The smallest absolute Gasteiger partial charge is 0.338 e. The fourth-order valence-corrected chi connectivity index (χ4v) is 0.423. The van der Waals surface area contributed by atoms with Gasteiger partial charge in [-0.25, -0.2) is 4.79 Å². The van der Waals surface area contributed by atoms with Crippen LogP contribution in [0.2, 0.25) is 0 Å². The van der Waals surface area contributed by atoms with Crippen LogP contribution in [0.15, 0.2) is 24.9 Å². The van der Waals surface area contributed by atoms with E-state index in [1.54, 1.807) is 0 Å². The lowest BCUT2D eigenvalue weighted by Crippen LogP contribution is -2.00. The zero-order valence-electron chi connectivity index (χ0n) is 5.20. The molecule has 0 saturated carbocycles. The van der Waals surface area contributed by atoms with Gasteiger partial charge in [-0.3, -0.25) is 0 Å². The van der Waals surface area contributed by atoms with E-state index in [9.17, 15) is 4.79 Å². The Kier molecular flexibility index (Phi) is 1.94. The van der Waals surface area contributed by atoms with Crippen molar-refractivity contribution in [2.75, 3.05) is 6.79 Å². The predicted molar refractivity (Wildman–Crippen MR) is 31.4 cm³/mol. The molecule has 0 aromatic carbocycles. The number of rotatable bonds is 2. The number of hydrogen-bond donors (Lipinski definition) is 0. The number of hydrogen-bond acceptors (Lipinski definition) is 4. The van der Waals surface area contributed by atoms with Gasteiger partial charge in [0.05, 0.1) is 0 Å². The van der Waals surface area contributed by atoms with Crippen LogP contribution in [0.1, 0.15) is 0 Å². The first kappa shape index (κ1) is 6.67. The van der Waals surface area contributed by atoms with Gasteiger partial charge in [-0.2, -0.15) is 0 Å². The van der Waals surface area contributed by atoms with Crippen molar-refractivity contribution in [3.8, 4) is 0 Å². The van der Waals surface area contributed by atoms with E-state index >= 15 is 0 Å². The molecule has 1 aliphatic rings. The second kappa shape index (κ2) is 2.91. The van der Waals surface area contributed by atoms with Gasteiger partial charge in [0.15, 0.2) is 6.26 Å². The lowest BCUT2D eigenvalue weighted by Gasteiger charge is -1.97. The fraction of sp³-hybridized carbons (Fsp3) is 0.167. The Hall–Kier alpha value is -1.45. The molecule has 1 heterocycles. The molecule has 0 fully saturated rings. The van der Waals surface area contributed by atoms with Crippen LogP contribution in [0.3, 0.4) is 0 Å². The van der Waals surface area contributed by atoms with Crippen molar-refractivity contribution < 1.29 is 19.0 Å². The van der Waals surface area contributed by atoms with Crippen molar-refractivity contribution in [3.05, 3.63) is 24.9 Å². The monoisotopic (exact) mass is 142 g/mol. The maximum atomic E-state index is 10.5. The number of carbonyl (C=O) groups is 1. The quantitative estimate of drug-likeness (QED) is 0.416. The highest BCUT2D eigenvalue weighted by atomic mass is 16.8. The number of esters is 1. The summed E-state index contributed by atoms with van der Waals surface area (Å²) in [5.74, 6) is -0.485. The summed E-state index contributed by atoms with van der Waals surface area (Å²) in [7, 11) is 0.